The van der Waals surface area contributed by atoms with Gasteiger partial charge in [0, 0.05) is 22.5 Å². The molecule has 0 saturated heterocycles. The molecule has 0 bridgehead atoms. The summed E-state index contributed by atoms with van der Waals surface area (Å²) in [5, 5.41) is 14.5. The number of esters is 1. The zero-order valence-corrected chi connectivity index (χ0v) is 22.3. The molecular formula is C25H22ClFN4O4S2. The van der Waals surface area contributed by atoms with Crippen LogP contribution in [-0.4, -0.2) is 39.5 Å². The molecule has 2 heterocycles. The van der Waals surface area contributed by atoms with Crippen LogP contribution in [0, 0.1) is 5.82 Å². The number of carbonyl (C=O) groups is 2. The van der Waals surface area contributed by atoms with E-state index in [0.29, 0.717) is 38.9 Å². The molecule has 4 rings (SSSR count). The lowest BCUT2D eigenvalue weighted by molar-refractivity contribution is -0.113. The first-order valence-corrected chi connectivity index (χ1v) is 13.3. The van der Waals surface area contributed by atoms with E-state index in [4.69, 9.17) is 21.1 Å². The second-order valence-electron chi connectivity index (χ2n) is 7.57. The topological polar surface area (TPSA) is 95.3 Å². The Morgan fingerprint density at radius 1 is 1.14 bits per heavy atom. The van der Waals surface area contributed by atoms with Gasteiger partial charge in [-0.25, -0.2) is 9.18 Å². The fourth-order valence-electron chi connectivity index (χ4n) is 3.42. The number of anilines is 1. The molecule has 0 spiro atoms. The average Bonchev–Trinajstić information content (AvgIpc) is 3.50. The van der Waals surface area contributed by atoms with Gasteiger partial charge in [-0.1, -0.05) is 35.5 Å². The molecule has 1 amide bonds. The van der Waals surface area contributed by atoms with Crippen LogP contribution in [0.15, 0.2) is 59.1 Å². The van der Waals surface area contributed by atoms with E-state index in [-0.39, 0.29) is 29.6 Å². The summed E-state index contributed by atoms with van der Waals surface area (Å²) in [7, 11) is 1.29. The van der Waals surface area contributed by atoms with Crippen molar-refractivity contribution in [1.82, 2.24) is 14.8 Å². The number of carbonyl (C=O) groups excluding carboxylic acids is 2. The van der Waals surface area contributed by atoms with Gasteiger partial charge in [0.2, 0.25) is 5.91 Å². The first kappa shape index (κ1) is 26.6. The van der Waals surface area contributed by atoms with Gasteiger partial charge in [-0.3, -0.25) is 4.79 Å². The number of rotatable bonds is 10. The molecule has 0 fully saturated rings. The van der Waals surface area contributed by atoms with Crippen molar-refractivity contribution < 1.29 is 23.5 Å². The number of hydrogen-bond acceptors (Lipinski definition) is 8. The average molecular weight is 561 g/mol. The molecule has 192 valence electrons. The van der Waals surface area contributed by atoms with Crippen molar-refractivity contribution in [2.75, 3.05) is 18.2 Å². The van der Waals surface area contributed by atoms with E-state index in [1.807, 2.05) is 11.5 Å². The number of amides is 1. The van der Waals surface area contributed by atoms with E-state index in [9.17, 15) is 14.0 Å². The second-order valence-corrected chi connectivity index (χ2v) is 9.83. The van der Waals surface area contributed by atoms with E-state index in [0.717, 1.165) is 5.56 Å². The number of aromatic nitrogens is 3. The Hall–Kier alpha value is -3.41. The molecule has 37 heavy (non-hydrogen) atoms. The van der Waals surface area contributed by atoms with E-state index in [1.54, 1.807) is 29.6 Å². The van der Waals surface area contributed by atoms with Crippen LogP contribution in [0.3, 0.4) is 0 Å². The fourth-order valence-corrected chi connectivity index (χ4v) is 5.34. The molecule has 0 atom stereocenters. The van der Waals surface area contributed by atoms with Crippen molar-refractivity contribution in [3.63, 3.8) is 0 Å². The Kier molecular flexibility index (Phi) is 8.80. The number of benzene rings is 2. The van der Waals surface area contributed by atoms with Crippen LogP contribution in [0.2, 0.25) is 5.02 Å². The van der Waals surface area contributed by atoms with E-state index in [1.165, 1.54) is 54.5 Å². The maximum atomic E-state index is 13.1. The van der Waals surface area contributed by atoms with Crippen molar-refractivity contribution in [2.45, 2.75) is 25.2 Å². The lowest BCUT2D eigenvalue weighted by Crippen LogP contribution is -2.16. The van der Waals surface area contributed by atoms with Crippen LogP contribution in [0.25, 0.3) is 11.1 Å². The van der Waals surface area contributed by atoms with Crippen molar-refractivity contribution >= 4 is 51.6 Å². The largest absolute Gasteiger partial charge is 0.486 e. The first-order valence-electron chi connectivity index (χ1n) is 11.1. The van der Waals surface area contributed by atoms with Crippen LogP contribution in [-0.2, 0) is 22.7 Å². The Labute approximate surface area is 225 Å². The van der Waals surface area contributed by atoms with Gasteiger partial charge in [0.15, 0.2) is 11.0 Å². The molecule has 0 saturated carbocycles. The van der Waals surface area contributed by atoms with Gasteiger partial charge in [-0.05, 0) is 48.9 Å². The molecule has 0 radical (unpaired) electrons. The van der Waals surface area contributed by atoms with E-state index in [2.05, 4.69) is 15.5 Å². The minimum absolute atomic E-state index is 0.0474. The minimum Gasteiger partial charge on any atom is -0.486 e. The maximum absolute atomic E-state index is 13.1. The summed E-state index contributed by atoms with van der Waals surface area (Å²) in [4.78, 5) is 25.3. The Morgan fingerprint density at radius 3 is 2.54 bits per heavy atom. The molecule has 0 unspecified atom stereocenters. The Bertz CT molecular complexity index is 1390. The fraction of sp³-hybridized carbons (Fsp3) is 0.200. The highest BCUT2D eigenvalue weighted by molar-refractivity contribution is 7.99. The molecule has 8 nitrogen and oxygen atoms in total. The number of ether oxygens (including phenoxy) is 2. The number of thioether (sulfide) groups is 1. The number of halogens is 2. The lowest BCUT2D eigenvalue weighted by atomic mass is 10.0. The molecule has 12 heteroatoms. The molecule has 2 aromatic carbocycles. The van der Waals surface area contributed by atoms with Crippen molar-refractivity contribution in [1.29, 1.82) is 0 Å². The third-order valence-electron chi connectivity index (χ3n) is 5.21. The summed E-state index contributed by atoms with van der Waals surface area (Å²) >= 11 is 8.43. The third-order valence-corrected chi connectivity index (χ3v) is 7.33. The van der Waals surface area contributed by atoms with Gasteiger partial charge in [0.25, 0.3) is 0 Å². The SMILES string of the molecule is CCn1c(COc2ccc(F)cc2)nnc1SCC(=O)Nc1scc(-c2ccc(Cl)cc2)c1C(=O)OC. The van der Waals surface area contributed by atoms with Crippen LogP contribution in [0.4, 0.5) is 9.39 Å². The van der Waals surface area contributed by atoms with Crippen LogP contribution in [0.1, 0.15) is 23.1 Å². The van der Waals surface area contributed by atoms with Gasteiger partial charge in [-0.2, -0.15) is 0 Å². The standard InChI is InChI=1S/C25H22ClFN4O4S2/c1-3-31-20(12-35-18-10-8-17(27)9-11-18)29-30-25(31)37-14-21(32)28-23-22(24(33)34-2)19(13-36-23)15-4-6-16(26)7-5-15/h4-11,13H,3,12,14H2,1-2H3,(H,28,32). The summed E-state index contributed by atoms with van der Waals surface area (Å²) in [5.74, 6) is -0.0701. The smallest absolute Gasteiger partial charge is 0.341 e. The summed E-state index contributed by atoms with van der Waals surface area (Å²) in [6.45, 7) is 2.65. The summed E-state index contributed by atoms with van der Waals surface area (Å²) in [6, 6.07) is 12.8. The minimum atomic E-state index is -0.550. The van der Waals surface area contributed by atoms with Crippen molar-refractivity contribution in [2.24, 2.45) is 0 Å². The van der Waals surface area contributed by atoms with Gasteiger partial charge < -0.3 is 19.4 Å². The van der Waals surface area contributed by atoms with Crippen molar-refractivity contribution in [3.8, 4) is 16.9 Å². The zero-order chi connectivity index (χ0) is 26.4. The van der Waals surface area contributed by atoms with Gasteiger partial charge in [0.1, 0.15) is 28.7 Å². The zero-order valence-electron chi connectivity index (χ0n) is 19.9. The number of methoxy groups -OCH3 is 1. The first-order chi connectivity index (χ1) is 17.9. The summed E-state index contributed by atoms with van der Waals surface area (Å²) in [5.41, 5.74) is 1.71. The molecule has 2 aromatic heterocycles. The summed E-state index contributed by atoms with van der Waals surface area (Å²) in [6.07, 6.45) is 0. The van der Waals surface area contributed by atoms with Crippen molar-refractivity contribution in [3.05, 3.63) is 76.1 Å². The molecule has 4 aromatic rings. The highest BCUT2D eigenvalue weighted by atomic mass is 35.5. The van der Waals surface area contributed by atoms with Crippen LogP contribution < -0.4 is 10.1 Å². The highest BCUT2D eigenvalue weighted by Gasteiger charge is 2.23. The predicted molar refractivity (Wildman–Crippen MR) is 142 cm³/mol. The third kappa shape index (κ3) is 6.48. The molecule has 1 N–H and O–H groups in total. The van der Waals surface area contributed by atoms with Crippen LogP contribution >= 0.6 is 34.7 Å². The quantitative estimate of drug-likeness (QED) is 0.190. The molecular weight excluding hydrogens is 539 g/mol. The van der Waals surface area contributed by atoms with Gasteiger partial charge in [-0.15, -0.1) is 21.5 Å². The monoisotopic (exact) mass is 560 g/mol. The van der Waals surface area contributed by atoms with Gasteiger partial charge >= 0.3 is 5.97 Å². The van der Waals surface area contributed by atoms with Crippen LogP contribution in [0.5, 0.6) is 5.75 Å². The predicted octanol–water partition coefficient (Wildman–Crippen LogP) is 5.92. The lowest BCUT2D eigenvalue weighted by Gasteiger charge is -2.09. The molecule has 0 aliphatic heterocycles. The number of thiophene rings is 1. The molecule has 0 aliphatic rings. The van der Waals surface area contributed by atoms with E-state index < -0.39 is 5.97 Å². The molecule has 0 aliphatic carbocycles. The van der Waals surface area contributed by atoms with Gasteiger partial charge in [0.05, 0.1) is 12.9 Å². The Balaban J connectivity index is 1.42. The normalized spacial score (nSPS) is 10.8. The summed E-state index contributed by atoms with van der Waals surface area (Å²) < 4.78 is 25.6. The second kappa shape index (κ2) is 12.2. The number of nitrogens with zero attached hydrogens (tertiary/aromatic N) is 3. The van der Waals surface area contributed by atoms with E-state index >= 15 is 0 Å². The number of hydrogen-bond donors (Lipinski definition) is 1. The maximum Gasteiger partial charge on any atom is 0.341 e. The highest BCUT2D eigenvalue weighted by Crippen LogP contribution is 2.36. The number of nitrogens with one attached hydrogen (secondary N) is 1. The Morgan fingerprint density at radius 2 is 1.86 bits per heavy atom.